The maximum absolute atomic E-state index is 6.15. The largest absolute Gasteiger partial charge is 0.355 e. The van der Waals surface area contributed by atoms with Crippen molar-refractivity contribution in [1.29, 1.82) is 0 Å². The summed E-state index contributed by atoms with van der Waals surface area (Å²) in [5.74, 6) is 0.987. The van der Waals surface area contributed by atoms with E-state index in [1.807, 2.05) is 0 Å². The molecule has 4 nitrogen and oxygen atoms in total. The van der Waals surface area contributed by atoms with Crippen LogP contribution in [0, 0.1) is 0 Å². The Bertz CT molecular complexity index is 368. The lowest BCUT2D eigenvalue weighted by Gasteiger charge is -2.26. The summed E-state index contributed by atoms with van der Waals surface area (Å²) in [6.07, 6.45) is 3.50. The van der Waals surface area contributed by atoms with Crippen LogP contribution in [0.1, 0.15) is 25.8 Å². The van der Waals surface area contributed by atoms with Crippen molar-refractivity contribution < 1.29 is 0 Å². The molecule has 102 valence electrons. The molecule has 0 radical (unpaired) electrons. The Kier molecular flexibility index (Phi) is 6.36. The van der Waals surface area contributed by atoms with E-state index >= 15 is 0 Å². The molecule has 0 saturated carbocycles. The summed E-state index contributed by atoms with van der Waals surface area (Å²) in [7, 11) is 4.16. The molecule has 1 heterocycles. The molecule has 0 amide bonds. The molecule has 18 heavy (non-hydrogen) atoms. The normalized spacial score (nSPS) is 11.0. The molecule has 0 N–H and O–H groups in total. The van der Waals surface area contributed by atoms with Crippen LogP contribution in [-0.2, 0) is 6.42 Å². The predicted octanol–water partition coefficient (Wildman–Crippen LogP) is 2.47. The number of halogens is 1. The van der Waals surface area contributed by atoms with Crippen molar-refractivity contribution in [3.8, 4) is 0 Å². The summed E-state index contributed by atoms with van der Waals surface area (Å²) in [5.41, 5.74) is 1.05. The van der Waals surface area contributed by atoms with Gasteiger partial charge in [0.15, 0.2) is 0 Å². The standard InChI is InChI=1S/C13H23ClN4/c1-5-7-18(9-8-17(3)4)13-11(6-2)12(14)15-10-16-13/h10H,5-9H2,1-4H3. The molecule has 1 rings (SSSR count). The molecule has 0 spiro atoms. The second-order valence-corrected chi connectivity index (χ2v) is 4.97. The van der Waals surface area contributed by atoms with E-state index in [0.29, 0.717) is 5.15 Å². The van der Waals surface area contributed by atoms with Crippen molar-refractivity contribution in [2.45, 2.75) is 26.7 Å². The minimum Gasteiger partial charge on any atom is -0.355 e. The average Bonchev–Trinajstić information content (AvgIpc) is 2.34. The zero-order chi connectivity index (χ0) is 13.5. The average molecular weight is 271 g/mol. The summed E-state index contributed by atoms with van der Waals surface area (Å²) in [6.45, 7) is 7.22. The lowest BCUT2D eigenvalue weighted by atomic mass is 10.2. The highest BCUT2D eigenvalue weighted by molar-refractivity contribution is 6.30. The summed E-state index contributed by atoms with van der Waals surface area (Å²) >= 11 is 6.15. The van der Waals surface area contributed by atoms with E-state index in [4.69, 9.17) is 11.6 Å². The Balaban J connectivity index is 2.93. The summed E-state index contributed by atoms with van der Waals surface area (Å²) in [6, 6.07) is 0. The SMILES string of the molecule is CCCN(CCN(C)C)c1ncnc(Cl)c1CC. The maximum Gasteiger partial charge on any atom is 0.137 e. The molecule has 0 aliphatic heterocycles. The van der Waals surface area contributed by atoms with Gasteiger partial charge < -0.3 is 9.80 Å². The van der Waals surface area contributed by atoms with Gasteiger partial charge in [-0.3, -0.25) is 0 Å². The third-order valence-electron chi connectivity index (χ3n) is 2.83. The van der Waals surface area contributed by atoms with Gasteiger partial charge in [0, 0.05) is 25.2 Å². The zero-order valence-corrected chi connectivity index (χ0v) is 12.5. The Labute approximate surface area is 115 Å². The second kappa shape index (κ2) is 7.54. The summed E-state index contributed by atoms with van der Waals surface area (Å²) in [4.78, 5) is 13.0. The molecule has 5 heteroatoms. The third-order valence-corrected chi connectivity index (χ3v) is 3.16. The van der Waals surface area contributed by atoms with Gasteiger partial charge >= 0.3 is 0 Å². The number of hydrogen-bond acceptors (Lipinski definition) is 4. The van der Waals surface area contributed by atoms with Crippen molar-refractivity contribution in [3.63, 3.8) is 0 Å². The van der Waals surface area contributed by atoms with E-state index < -0.39 is 0 Å². The molecule has 0 fully saturated rings. The molecular formula is C13H23ClN4. The third kappa shape index (κ3) is 4.10. The topological polar surface area (TPSA) is 32.3 Å². The van der Waals surface area contributed by atoms with Gasteiger partial charge in [-0.2, -0.15) is 0 Å². The molecule has 0 atom stereocenters. The van der Waals surface area contributed by atoms with Crippen LogP contribution >= 0.6 is 11.6 Å². The van der Waals surface area contributed by atoms with Gasteiger partial charge in [-0.05, 0) is 26.9 Å². The maximum atomic E-state index is 6.15. The van der Waals surface area contributed by atoms with Gasteiger partial charge in [0.1, 0.15) is 17.3 Å². The van der Waals surface area contributed by atoms with Crippen LogP contribution in [0.4, 0.5) is 5.82 Å². The van der Waals surface area contributed by atoms with Gasteiger partial charge in [0.2, 0.25) is 0 Å². The number of likely N-dealkylation sites (N-methyl/N-ethyl adjacent to an activating group) is 1. The molecule has 1 aromatic rings. The number of anilines is 1. The van der Waals surface area contributed by atoms with E-state index in [1.54, 1.807) is 6.33 Å². The Hall–Kier alpha value is -0.870. The lowest BCUT2D eigenvalue weighted by Crippen LogP contribution is -2.33. The van der Waals surface area contributed by atoms with E-state index in [9.17, 15) is 0 Å². The lowest BCUT2D eigenvalue weighted by molar-refractivity contribution is 0.412. The zero-order valence-electron chi connectivity index (χ0n) is 11.8. The molecule has 0 unspecified atom stereocenters. The van der Waals surface area contributed by atoms with Gasteiger partial charge in [0.25, 0.3) is 0 Å². The predicted molar refractivity (Wildman–Crippen MR) is 77.5 cm³/mol. The number of rotatable bonds is 7. The number of aromatic nitrogens is 2. The summed E-state index contributed by atoms with van der Waals surface area (Å²) < 4.78 is 0. The molecule has 1 aromatic heterocycles. The molecular weight excluding hydrogens is 248 g/mol. The van der Waals surface area contributed by atoms with Crippen molar-refractivity contribution >= 4 is 17.4 Å². The first-order valence-corrected chi connectivity index (χ1v) is 6.87. The quantitative estimate of drug-likeness (QED) is 0.713. The van der Waals surface area contributed by atoms with Crippen molar-refractivity contribution in [3.05, 3.63) is 17.0 Å². The van der Waals surface area contributed by atoms with Crippen molar-refractivity contribution in [2.24, 2.45) is 0 Å². The van der Waals surface area contributed by atoms with Crippen molar-refractivity contribution in [2.75, 3.05) is 38.6 Å². The van der Waals surface area contributed by atoms with Crippen LogP contribution in [0.15, 0.2) is 6.33 Å². The van der Waals surface area contributed by atoms with E-state index in [-0.39, 0.29) is 0 Å². The minimum absolute atomic E-state index is 0.577. The van der Waals surface area contributed by atoms with Crippen LogP contribution in [0.5, 0.6) is 0 Å². The van der Waals surface area contributed by atoms with Gasteiger partial charge in [0.05, 0.1) is 0 Å². The van der Waals surface area contributed by atoms with Crippen LogP contribution in [0.2, 0.25) is 5.15 Å². The first-order valence-electron chi connectivity index (χ1n) is 6.49. The fraction of sp³-hybridized carbons (Fsp3) is 0.692. The molecule has 0 aromatic carbocycles. The minimum atomic E-state index is 0.577. The van der Waals surface area contributed by atoms with Crippen LogP contribution < -0.4 is 4.90 Å². The number of nitrogens with zero attached hydrogens (tertiary/aromatic N) is 4. The molecule has 0 aliphatic rings. The Morgan fingerprint density at radius 2 is 1.83 bits per heavy atom. The first kappa shape index (κ1) is 15.2. The van der Waals surface area contributed by atoms with Crippen LogP contribution in [-0.4, -0.2) is 48.6 Å². The van der Waals surface area contributed by atoms with E-state index in [0.717, 1.165) is 43.9 Å². The van der Waals surface area contributed by atoms with Crippen LogP contribution in [0.25, 0.3) is 0 Å². The van der Waals surface area contributed by atoms with E-state index in [1.165, 1.54) is 0 Å². The van der Waals surface area contributed by atoms with Gasteiger partial charge in [-0.25, -0.2) is 9.97 Å². The van der Waals surface area contributed by atoms with Crippen molar-refractivity contribution in [1.82, 2.24) is 14.9 Å². The monoisotopic (exact) mass is 270 g/mol. The molecule has 0 bridgehead atoms. The van der Waals surface area contributed by atoms with Crippen LogP contribution in [0.3, 0.4) is 0 Å². The highest BCUT2D eigenvalue weighted by atomic mass is 35.5. The first-order chi connectivity index (χ1) is 8.60. The highest BCUT2D eigenvalue weighted by Crippen LogP contribution is 2.23. The fourth-order valence-electron chi connectivity index (χ4n) is 1.87. The molecule has 0 saturated heterocycles. The van der Waals surface area contributed by atoms with Gasteiger partial charge in [-0.15, -0.1) is 0 Å². The second-order valence-electron chi connectivity index (χ2n) is 4.61. The summed E-state index contributed by atoms with van der Waals surface area (Å²) in [5, 5.41) is 0.577. The molecule has 0 aliphatic carbocycles. The Morgan fingerprint density at radius 1 is 1.11 bits per heavy atom. The Morgan fingerprint density at radius 3 is 2.39 bits per heavy atom. The van der Waals surface area contributed by atoms with E-state index in [2.05, 4.69) is 47.7 Å². The fourth-order valence-corrected chi connectivity index (χ4v) is 2.13. The highest BCUT2D eigenvalue weighted by Gasteiger charge is 2.14. The smallest absolute Gasteiger partial charge is 0.137 e. The van der Waals surface area contributed by atoms with Gasteiger partial charge in [-0.1, -0.05) is 25.4 Å². The number of hydrogen-bond donors (Lipinski definition) is 0.